The van der Waals surface area contributed by atoms with Crippen molar-refractivity contribution >= 4 is 20.9 Å². The first kappa shape index (κ1) is 28.3. The molecular weight excluding hydrogens is 678 g/mol. The fourth-order valence-electron chi connectivity index (χ4n) is 2.48. The predicted molar refractivity (Wildman–Crippen MR) is 125 cm³/mol. The van der Waals surface area contributed by atoms with Gasteiger partial charge < -0.3 is 9.97 Å². The standard InChI is InChI=1S/2C11H6F2N.C3H3NS.ClH.Ir/c2*12-8-4-5-9(10(13)7-8)11-3-1-2-6-14-11;1-2-5-3-4-1;;/h2*1-4,6-7H;1-3H;1H;/q2*-1;;;+3/p-1. The average Bonchev–Trinajstić information content (AvgIpc) is 3.47. The monoisotopic (exact) mass is 693 g/mol. The molecule has 0 fully saturated rings. The number of thiazole rings is 1. The van der Waals surface area contributed by atoms with E-state index in [9.17, 15) is 17.6 Å². The van der Waals surface area contributed by atoms with E-state index in [-0.39, 0.29) is 11.1 Å². The zero-order chi connectivity index (χ0) is 25.5. The third-order valence-electron chi connectivity index (χ3n) is 3.90. The maximum absolute atomic E-state index is 13.2. The Kier molecular flexibility index (Phi) is 12.8. The minimum Gasteiger partial charge on any atom is -0.253 e. The van der Waals surface area contributed by atoms with E-state index >= 15 is 0 Å². The number of rotatable bonds is 2. The molecule has 5 aromatic rings. The fraction of sp³-hybridized carbons (Fsp3) is 0. The molecule has 0 atom stereocenters. The normalized spacial score (nSPS) is 9.43. The Bertz CT molecular complexity index is 1160. The fourth-order valence-corrected chi connectivity index (χ4v) is 2.83. The maximum atomic E-state index is 13.2. The average molecular weight is 693 g/mol. The number of hydrogen-bond acceptors (Lipinski definition) is 4. The van der Waals surface area contributed by atoms with Crippen LogP contribution in [0.5, 0.6) is 0 Å². The molecule has 5 rings (SSSR count). The molecule has 0 bridgehead atoms. The van der Waals surface area contributed by atoms with E-state index < -0.39 is 23.3 Å². The zero-order valence-electron chi connectivity index (χ0n) is 17.6. The van der Waals surface area contributed by atoms with Gasteiger partial charge in [0.1, 0.15) is 0 Å². The van der Waals surface area contributed by atoms with Gasteiger partial charge in [0.25, 0.3) is 0 Å². The van der Waals surface area contributed by atoms with Crippen LogP contribution in [0.15, 0.2) is 90.1 Å². The molecule has 10 heteroatoms. The molecule has 0 radical (unpaired) electrons. The third-order valence-corrected chi connectivity index (χ3v) is 4.43. The van der Waals surface area contributed by atoms with Gasteiger partial charge in [0, 0.05) is 47.2 Å². The number of nitrogens with zero attached hydrogens (tertiary/aromatic N) is 3. The molecule has 0 saturated heterocycles. The van der Waals surface area contributed by atoms with E-state index in [2.05, 4.69) is 36.7 Å². The Labute approximate surface area is 218 Å². The summed E-state index contributed by atoms with van der Waals surface area (Å²) in [6.07, 6.45) is 4.86. The molecule has 2 aromatic carbocycles. The number of aromatic nitrogens is 3. The summed E-state index contributed by atoms with van der Waals surface area (Å²) >= 11 is 3.07. The van der Waals surface area contributed by atoms with Crippen molar-refractivity contribution in [2.75, 3.05) is 0 Å². The Morgan fingerprint density at radius 1 is 0.714 bits per heavy atom. The molecule has 3 heterocycles. The SMILES string of the molecule is Fc1c[c-]c(-c2ccccn2)c(F)c1.Fc1c[c-]c(-c2ccccn2)c(F)c1.[Cl][Ir+2].c1cscn1. The van der Waals surface area contributed by atoms with Crippen LogP contribution in [0.2, 0.25) is 0 Å². The van der Waals surface area contributed by atoms with E-state index in [4.69, 9.17) is 0 Å². The van der Waals surface area contributed by atoms with Gasteiger partial charge >= 0.3 is 27.5 Å². The van der Waals surface area contributed by atoms with Crippen LogP contribution in [-0.4, -0.2) is 15.0 Å². The summed E-state index contributed by atoms with van der Waals surface area (Å²) in [4.78, 5) is 11.6. The third kappa shape index (κ3) is 9.66. The van der Waals surface area contributed by atoms with Crippen molar-refractivity contribution in [3.63, 3.8) is 0 Å². The van der Waals surface area contributed by atoms with Gasteiger partial charge in [-0.15, -0.1) is 35.6 Å². The summed E-state index contributed by atoms with van der Waals surface area (Å²) in [7, 11) is 4.64. The zero-order valence-corrected chi connectivity index (χ0v) is 21.6. The molecule has 0 unspecified atom stereocenters. The van der Waals surface area contributed by atoms with Crippen LogP contribution in [-0.2, 0) is 17.9 Å². The Morgan fingerprint density at radius 2 is 1.20 bits per heavy atom. The number of pyridine rings is 2. The van der Waals surface area contributed by atoms with Crippen LogP contribution >= 0.6 is 20.9 Å². The maximum Gasteiger partial charge on any atom is 0.0791 e. The molecule has 0 aliphatic rings. The van der Waals surface area contributed by atoms with Gasteiger partial charge in [0.2, 0.25) is 0 Å². The molecule has 0 amide bonds. The topological polar surface area (TPSA) is 38.7 Å². The summed E-state index contributed by atoms with van der Waals surface area (Å²) in [5, 5.41) is 1.93. The second-order valence-corrected chi connectivity index (χ2v) is 6.94. The van der Waals surface area contributed by atoms with Gasteiger partial charge in [-0.1, -0.05) is 47.5 Å². The van der Waals surface area contributed by atoms with Crippen LogP contribution in [0.3, 0.4) is 0 Å². The Morgan fingerprint density at radius 3 is 1.49 bits per heavy atom. The first-order chi connectivity index (χ1) is 17.0. The van der Waals surface area contributed by atoms with Crippen molar-refractivity contribution in [1.82, 2.24) is 15.0 Å². The Balaban J connectivity index is 0.000000195. The van der Waals surface area contributed by atoms with Crippen molar-refractivity contribution in [2.24, 2.45) is 0 Å². The van der Waals surface area contributed by atoms with E-state index in [1.54, 1.807) is 71.8 Å². The van der Waals surface area contributed by atoms with Crippen LogP contribution in [0.1, 0.15) is 0 Å². The summed E-state index contributed by atoms with van der Waals surface area (Å²) in [5.41, 5.74) is 3.06. The predicted octanol–water partition coefficient (Wildman–Crippen LogP) is 7.48. The second kappa shape index (κ2) is 15.8. The van der Waals surface area contributed by atoms with E-state index in [1.807, 2.05) is 5.38 Å². The Hall–Kier alpha value is -2.97. The first-order valence-corrected chi connectivity index (χ1v) is 13.5. The van der Waals surface area contributed by atoms with Crippen molar-refractivity contribution in [3.8, 4) is 22.5 Å². The molecular formula is C25H15ClF4IrN3S. The quantitative estimate of drug-likeness (QED) is 0.142. The van der Waals surface area contributed by atoms with Crippen molar-refractivity contribution in [3.05, 3.63) is 126 Å². The summed E-state index contributed by atoms with van der Waals surface area (Å²) < 4.78 is 51.6. The minimum absolute atomic E-state index is 0.187. The van der Waals surface area contributed by atoms with Crippen molar-refractivity contribution in [1.29, 1.82) is 0 Å². The van der Waals surface area contributed by atoms with Crippen LogP contribution in [0, 0.1) is 35.4 Å². The number of hydrogen-bond donors (Lipinski definition) is 0. The van der Waals surface area contributed by atoms with Gasteiger partial charge in [0.05, 0.1) is 5.51 Å². The molecule has 3 aromatic heterocycles. The van der Waals surface area contributed by atoms with Crippen LogP contribution < -0.4 is 0 Å². The summed E-state index contributed by atoms with van der Waals surface area (Å²) in [6.45, 7) is 0. The largest absolute Gasteiger partial charge is 0.253 e. The van der Waals surface area contributed by atoms with Gasteiger partial charge in [-0.25, -0.2) is 0 Å². The molecule has 0 saturated carbocycles. The minimum atomic E-state index is -0.649. The van der Waals surface area contributed by atoms with Gasteiger partial charge in [0.15, 0.2) is 0 Å². The van der Waals surface area contributed by atoms with Crippen molar-refractivity contribution in [2.45, 2.75) is 0 Å². The molecule has 0 aliphatic carbocycles. The van der Waals surface area contributed by atoms with Gasteiger partial charge in [-0.05, 0) is 23.5 Å². The summed E-state index contributed by atoms with van der Waals surface area (Å²) in [5.74, 6) is -2.57. The molecule has 35 heavy (non-hydrogen) atoms. The number of benzene rings is 2. The van der Waals surface area contributed by atoms with E-state index in [1.165, 1.54) is 17.9 Å². The smallest absolute Gasteiger partial charge is 0.0791 e. The molecule has 0 aliphatic heterocycles. The van der Waals surface area contributed by atoms with Gasteiger partial charge in [-0.2, -0.15) is 0 Å². The van der Waals surface area contributed by atoms with E-state index in [0.717, 1.165) is 24.3 Å². The molecule has 180 valence electrons. The van der Waals surface area contributed by atoms with Crippen LogP contribution in [0.4, 0.5) is 17.6 Å². The van der Waals surface area contributed by atoms with Crippen molar-refractivity contribution < 1.29 is 35.5 Å². The van der Waals surface area contributed by atoms with Crippen LogP contribution in [0.25, 0.3) is 22.5 Å². The van der Waals surface area contributed by atoms with Gasteiger partial charge in [-0.3, -0.25) is 22.5 Å². The van der Waals surface area contributed by atoms with E-state index in [0.29, 0.717) is 11.4 Å². The first-order valence-electron chi connectivity index (χ1n) is 9.55. The number of halogens is 5. The summed E-state index contributed by atoms with van der Waals surface area (Å²) in [6, 6.07) is 19.1. The molecule has 3 nitrogen and oxygen atoms in total. The second-order valence-electron chi connectivity index (χ2n) is 6.19. The molecule has 0 spiro atoms. The molecule has 0 N–H and O–H groups in total.